The minimum Gasteiger partial charge on any atom is -0.303 e. The largest absolute Gasteiger partial charge is 0.459 e. The lowest BCUT2D eigenvalue weighted by Gasteiger charge is -2.22. The average molecular weight is 430 g/mol. The summed E-state index contributed by atoms with van der Waals surface area (Å²) in [6, 6.07) is 9.21. The van der Waals surface area contributed by atoms with E-state index < -0.39 is 35.7 Å². The van der Waals surface area contributed by atoms with Gasteiger partial charge in [-0.15, -0.1) is 0 Å². The molecule has 0 amide bonds. The Morgan fingerprint density at radius 1 is 1.07 bits per heavy atom. The van der Waals surface area contributed by atoms with Crippen molar-refractivity contribution in [2.24, 2.45) is 0 Å². The second kappa shape index (κ2) is 7.26. The first-order valence-electron chi connectivity index (χ1n) is 8.32. The number of nitrogens with zero attached hydrogens (tertiary/aromatic N) is 1. The highest BCUT2D eigenvalue weighted by Gasteiger charge is 2.62. The molecule has 1 heterocycles. The van der Waals surface area contributed by atoms with Crippen molar-refractivity contribution in [3.63, 3.8) is 0 Å². The number of rotatable bonds is 4. The van der Waals surface area contributed by atoms with Gasteiger partial charge in [0.2, 0.25) is 0 Å². The van der Waals surface area contributed by atoms with Crippen LogP contribution in [0.2, 0.25) is 5.02 Å². The zero-order valence-electron chi connectivity index (χ0n) is 14.9. The van der Waals surface area contributed by atoms with E-state index in [2.05, 4.69) is 0 Å². The predicted octanol–water partition coefficient (Wildman–Crippen LogP) is 5.69. The van der Waals surface area contributed by atoms with Gasteiger partial charge < -0.3 is 4.79 Å². The molecule has 3 nitrogen and oxygen atoms in total. The average Bonchev–Trinajstić information content (AvgIpc) is 2.95. The molecule has 0 aliphatic heterocycles. The van der Waals surface area contributed by atoms with E-state index >= 15 is 0 Å². The van der Waals surface area contributed by atoms with Crippen LogP contribution in [0.1, 0.15) is 27.2 Å². The topological polar surface area (TPSA) is 39.1 Å². The van der Waals surface area contributed by atoms with E-state index in [0.717, 1.165) is 0 Å². The van der Waals surface area contributed by atoms with Gasteiger partial charge in [0.15, 0.2) is 0 Å². The Morgan fingerprint density at radius 3 is 2.24 bits per heavy atom. The minimum atomic E-state index is -5.97. The van der Waals surface area contributed by atoms with Crippen LogP contribution in [0.3, 0.4) is 0 Å². The zero-order valence-corrected chi connectivity index (χ0v) is 15.6. The third-order valence-electron chi connectivity index (χ3n) is 4.46. The smallest absolute Gasteiger partial charge is 0.303 e. The van der Waals surface area contributed by atoms with E-state index in [9.17, 15) is 31.5 Å². The van der Waals surface area contributed by atoms with E-state index in [4.69, 9.17) is 11.6 Å². The molecule has 0 fully saturated rings. The molecule has 0 saturated heterocycles. The lowest BCUT2D eigenvalue weighted by molar-refractivity contribution is -0.291. The van der Waals surface area contributed by atoms with Gasteiger partial charge in [-0.2, -0.15) is 22.0 Å². The Bertz CT molecular complexity index is 1100. The Hall–Kier alpha value is -2.74. The number of halogens is 6. The number of carbonyl (C=O) groups excluding carboxylic acids is 2. The van der Waals surface area contributed by atoms with Crippen LogP contribution in [-0.4, -0.2) is 22.9 Å². The molecule has 0 N–H and O–H groups in total. The van der Waals surface area contributed by atoms with Crippen molar-refractivity contribution in [2.45, 2.75) is 25.4 Å². The standard InChI is InChI=1S/C20H13ClF5NO2/c1-11-2-7-16-15(10-11)14(8-9-28)17(19(22,23)20(24,25)26)27(16)18(29)12-3-5-13(21)6-4-12/h2-7,9-10H,8H2,1H3. The predicted molar refractivity (Wildman–Crippen MR) is 97.6 cm³/mol. The molecule has 1 aromatic heterocycles. The molecule has 0 aliphatic carbocycles. The third-order valence-corrected chi connectivity index (χ3v) is 4.71. The summed E-state index contributed by atoms with van der Waals surface area (Å²) in [6.07, 6.45) is -6.45. The van der Waals surface area contributed by atoms with Crippen LogP contribution in [0.25, 0.3) is 10.9 Å². The Balaban J connectivity index is 2.44. The lowest BCUT2D eigenvalue weighted by Crippen LogP contribution is -2.38. The molecule has 0 aliphatic rings. The van der Waals surface area contributed by atoms with E-state index in [1.807, 2.05) is 0 Å². The van der Waals surface area contributed by atoms with Crippen LogP contribution >= 0.6 is 11.6 Å². The van der Waals surface area contributed by atoms with E-state index in [0.29, 0.717) is 10.1 Å². The van der Waals surface area contributed by atoms with Gasteiger partial charge in [0, 0.05) is 22.4 Å². The molecule has 29 heavy (non-hydrogen) atoms. The molecule has 0 saturated carbocycles. The number of aromatic nitrogens is 1. The molecule has 2 aromatic carbocycles. The summed E-state index contributed by atoms with van der Waals surface area (Å²) < 4.78 is 69.2. The minimum absolute atomic E-state index is 0.0154. The molecule has 0 bridgehead atoms. The van der Waals surface area contributed by atoms with Gasteiger partial charge in [0.05, 0.1) is 5.52 Å². The van der Waals surface area contributed by atoms with E-state index in [-0.39, 0.29) is 27.8 Å². The Kier molecular flexibility index (Phi) is 5.25. The highest BCUT2D eigenvalue weighted by atomic mass is 35.5. The van der Waals surface area contributed by atoms with Crippen LogP contribution in [0.5, 0.6) is 0 Å². The van der Waals surface area contributed by atoms with Crippen molar-refractivity contribution < 1.29 is 31.5 Å². The number of benzene rings is 2. The maximum Gasteiger partial charge on any atom is 0.459 e. The van der Waals surface area contributed by atoms with Crippen molar-refractivity contribution in [1.29, 1.82) is 0 Å². The van der Waals surface area contributed by atoms with Crippen LogP contribution in [-0.2, 0) is 17.1 Å². The molecule has 0 unspecified atom stereocenters. The third kappa shape index (κ3) is 3.53. The molecule has 3 aromatic rings. The fourth-order valence-corrected chi connectivity index (χ4v) is 3.28. The van der Waals surface area contributed by atoms with Crippen LogP contribution in [0, 0.1) is 6.92 Å². The summed E-state index contributed by atoms with van der Waals surface area (Å²) >= 11 is 5.76. The number of aryl methyl sites for hydroxylation is 1. The van der Waals surface area contributed by atoms with Crippen LogP contribution in [0.4, 0.5) is 22.0 Å². The maximum absolute atomic E-state index is 14.6. The first kappa shape index (κ1) is 21.0. The SMILES string of the molecule is Cc1ccc2c(c1)c(CC=O)c(C(F)(F)C(F)(F)F)n2C(=O)c1ccc(Cl)cc1. The summed E-state index contributed by atoms with van der Waals surface area (Å²) in [5.41, 5.74) is -1.81. The molecule has 0 radical (unpaired) electrons. The van der Waals surface area contributed by atoms with Crippen molar-refractivity contribution in [1.82, 2.24) is 4.57 Å². The van der Waals surface area contributed by atoms with Crippen LogP contribution < -0.4 is 0 Å². The molecule has 9 heteroatoms. The van der Waals surface area contributed by atoms with Gasteiger partial charge in [-0.05, 0) is 48.9 Å². The number of carbonyl (C=O) groups is 2. The monoisotopic (exact) mass is 429 g/mol. The molecule has 152 valence electrons. The highest BCUT2D eigenvalue weighted by molar-refractivity contribution is 6.30. The molecular formula is C20H13ClF5NO2. The van der Waals surface area contributed by atoms with Gasteiger partial charge in [-0.1, -0.05) is 23.2 Å². The van der Waals surface area contributed by atoms with Crippen molar-refractivity contribution in [2.75, 3.05) is 0 Å². The number of hydrogen-bond acceptors (Lipinski definition) is 2. The van der Waals surface area contributed by atoms with Gasteiger partial charge in [0.1, 0.15) is 12.0 Å². The highest BCUT2D eigenvalue weighted by Crippen LogP contribution is 2.48. The number of hydrogen-bond donors (Lipinski definition) is 0. The first-order valence-corrected chi connectivity index (χ1v) is 8.69. The van der Waals surface area contributed by atoms with Crippen molar-refractivity contribution in [3.8, 4) is 0 Å². The lowest BCUT2D eigenvalue weighted by atomic mass is 10.0. The number of fused-ring (bicyclic) bond motifs is 1. The first-order chi connectivity index (χ1) is 13.5. The summed E-state index contributed by atoms with van der Waals surface area (Å²) in [7, 11) is 0. The van der Waals surface area contributed by atoms with E-state index in [1.165, 1.54) is 42.5 Å². The Labute approximate surface area is 166 Å². The summed E-state index contributed by atoms with van der Waals surface area (Å²) in [5, 5.41) is 0.246. The fraction of sp³-hybridized carbons (Fsp3) is 0.200. The second-order valence-electron chi connectivity index (χ2n) is 6.44. The van der Waals surface area contributed by atoms with Crippen molar-refractivity contribution in [3.05, 3.63) is 69.9 Å². The molecule has 0 spiro atoms. The number of alkyl halides is 5. The number of aldehydes is 1. The van der Waals surface area contributed by atoms with E-state index in [1.54, 1.807) is 6.92 Å². The second-order valence-corrected chi connectivity index (χ2v) is 6.87. The van der Waals surface area contributed by atoms with Gasteiger partial charge in [-0.25, -0.2) is 0 Å². The molecular weight excluding hydrogens is 417 g/mol. The quantitative estimate of drug-likeness (QED) is 0.395. The zero-order chi connectivity index (χ0) is 21.6. The van der Waals surface area contributed by atoms with Crippen LogP contribution in [0.15, 0.2) is 42.5 Å². The summed E-state index contributed by atoms with van der Waals surface area (Å²) in [6.45, 7) is 1.62. The normalized spacial score (nSPS) is 12.4. The van der Waals surface area contributed by atoms with Gasteiger partial charge >= 0.3 is 12.1 Å². The Morgan fingerprint density at radius 2 is 1.69 bits per heavy atom. The van der Waals surface area contributed by atoms with Crippen molar-refractivity contribution >= 4 is 34.7 Å². The summed E-state index contributed by atoms with van der Waals surface area (Å²) in [5.74, 6) is -6.45. The van der Waals surface area contributed by atoms with Gasteiger partial charge in [0.25, 0.3) is 5.91 Å². The molecule has 0 atom stereocenters. The van der Waals surface area contributed by atoms with Gasteiger partial charge in [-0.3, -0.25) is 9.36 Å². The fourth-order valence-electron chi connectivity index (χ4n) is 3.16. The molecule has 3 rings (SSSR count). The maximum atomic E-state index is 14.6. The summed E-state index contributed by atoms with van der Waals surface area (Å²) in [4.78, 5) is 24.1.